The molecule has 0 atom stereocenters. The van der Waals surface area contributed by atoms with E-state index < -0.39 is 15.9 Å². The number of nitrogens with one attached hydrogen (secondary N) is 1. The van der Waals surface area contributed by atoms with Crippen molar-refractivity contribution in [2.75, 3.05) is 4.72 Å². The van der Waals surface area contributed by atoms with E-state index in [2.05, 4.69) is 9.71 Å². The monoisotopic (exact) mass is 417 g/mol. The van der Waals surface area contributed by atoms with Crippen molar-refractivity contribution in [3.63, 3.8) is 0 Å². The van der Waals surface area contributed by atoms with Crippen LogP contribution in [0, 0.1) is 6.92 Å². The van der Waals surface area contributed by atoms with Gasteiger partial charge in [-0.1, -0.05) is 48.0 Å². The van der Waals surface area contributed by atoms with E-state index in [1.165, 1.54) is 0 Å². The Morgan fingerprint density at radius 1 is 0.933 bits per heavy atom. The minimum Gasteiger partial charge on any atom is -0.366 e. The van der Waals surface area contributed by atoms with Gasteiger partial charge < -0.3 is 5.73 Å². The number of nitrogens with two attached hydrogens (primary N) is 1. The quantitative estimate of drug-likeness (QED) is 0.510. The molecule has 0 fully saturated rings. The Labute approximate surface area is 174 Å². The van der Waals surface area contributed by atoms with Gasteiger partial charge in [-0.3, -0.25) is 9.52 Å². The van der Waals surface area contributed by atoms with Gasteiger partial charge in [-0.15, -0.1) is 0 Å². The predicted octanol–water partition coefficient (Wildman–Crippen LogP) is 4.11. The number of hydrogen-bond acceptors (Lipinski definition) is 4. The second kappa shape index (κ2) is 7.61. The van der Waals surface area contributed by atoms with Gasteiger partial charge in [0.15, 0.2) is 0 Å². The number of aryl methyl sites for hydroxylation is 1. The van der Waals surface area contributed by atoms with Crippen LogP contribution in [0.1, 0.15) is 15.9 Å². The van der Waals surface area contributed by atoms with Crippen LogP contribution in [0.15, 0.2) is 83.8 Å². The highest BCUT2D eigenvalue weighted by Crippen LogP contribution is 2.26. The molecule has 4 rings (SSSR count). The zero-order valence-corrected chi connectivity index (χ0v) is 17.0. The maximum atomic E-state index is 12.6. The van der Waals surface area contributed by atoms with E-state index in [-0.39, 0.29) is 4.90 Å². The van der Waals surface area contributed by atoms with E-state index in [1.807, 2.05) is 25.1 Å². The molecule has 1 heterocycles. The van der Waals surface area contributed by atoms with Crippen molar-refractivity contribution in [1.82, 2.24) is 4.98 Å². The summed E-state index contributed by atoms with van der Waals surface area (Å²) in [6.45, 7) is 1.90. The standard InChI is InChI=1S/C23H19N3O3S/c1-15-6-12-18(13-7-15)30(28,29)26-17-10-8-16(9-11-17)22-14-20(23(24)27)19-4-2-3-5-21(19)25-22/h2-14,26H,1H3,(H2,24,27). The molecule has 0 saturated heterocycles. The molecule has 0 bridgehead atoms. The molecule has 0 spiro atoms. The number of hydrogen-bond donors (Lipinski definition) is 2. The molecule has 0 unspecified atom stereocenters. The van der Waals surface area contributed by atoms with Crippen molar-refractivity contribution in [3.8, 4) is 11.3 Å². The van der Waals surface area contributed by atoms with Gasteiger partial charge in [0.2, 0.25) is 5.91 Å². The number of carbonyl (C=O) groups excluding carboxylic acids is 1. The molecule has 0 radical (unpaired) electrons. The summed E-state index contributed by atoms with van der Waals surface area (Å²) in [7, 11) is -3.68. The number of primary amides is 1. The van der Waals surface area contributed by atoms with Gasteiger partial charge in [-0.25, -0.2) is 13.4 Å². The minimum atomic E-state index is -3.68. The number of anilines is 1. The average Bonchev–Trinajstić information content (AvgIpc) is 2.73. The third kappa shape index (κ3) is 3.88. The molecule has 7 heteroatoms. The Hall–Kier alpha value is -3.71. The lowest BCUT2D eigenvalue weighted by Crippen LogP contribution is -2.13. The highest BCUT2D eigenvalue weighted by molar-refractivity contribution is 7.92. The molecule has 0 aliphatic heterocycles. The van der Waals surface area contributed by atoms with Crippen LogP contribution in [-0.2, 0) is 10.0 Å². The first-order valence-electron chi connectivity index (χ1n) is 9.23. The zero-order valence-electron chi connectivity index (χ0n) is 16.2. The highest BCUT2D eigenvalue weighted by Gasteiger charge is 2.15. The second-order valence-corrected chi connectivity index (χ2v) is 8.61. The van der Waals surface area contributed by atoms with Crippen molar-refractivity contribution in [3.05, 3.63) is 90.0 Å². The molecule has 1 aromatic heterocycles. The number of amides is 1. The van der Waals surface area contributed by atoms with Crippen LogP contribution in [-0.4, -0.2) is 19.3 Å². The number of nitrogens with zero attached hydrogens (tertiary/aromatic N) is 1. The fourth-order valence-electron chi connectivity index (χ4n) is 3.17. The summed E-state index contributed by atoms with van der Waals surface area (Å²) in [5, 5.41) is 0.691. The van der Waals surface area contributed by atoms with E-state index >= 15 is 0 Å². The lowest BCUT2D eigenvalue weighted by molar-refractivity contribution is 0.100. The van der Waals surface area contributed by atoms with E-state index in [9.17, 15) is 13.2 Å². The lowest BCUT2D eigenvalue weighted by Gasteiger charge is -2.10. The van der Waals surface area contributed by atoms with E-state index in [0.29, 0.717) is 27.8 Å². The average molecular weight is 417 g/mol. The summed E-state index contributed by atoms with van der Waals surface area (Å²) >= 11 is 0. The molecular weight excluding hydrogens is 398 g/mol. The Morgan fingerprint density at radius 2 is 1.60 bits per heavy atom. The van der Waals surface area contributed by atoms with Crippen LogP contribution < -0.4 is 10.5 Å². The number of fused-ring (bicyclic) bond motifs is 1. The highest BCUT2D eigenvalue weighted by atomic mass is 32.2. The fourth-order valence-corrected chi connectivity index (χ4v) is 4.23. The van der Waals surface area contributed by atoms with Crippen molar-refractivity contribution < 1.29 is 13.2 Å². The summed E-state index contributed by atoms with van der Waals surface area (Å²) in [5.74, 6) is -0.530. The number of para-hydroxylation sites is 1. The van der Waals surface area contributed by atoms with Crippen molar-refractivity contribution in [2.24, 2.45) is 5.73 Å². The predicted molar refractivity (Wildman–Crippen MR) is 118 cm³/mol. The topological polar surface area (TPSA) is 102 Å². The van der Waals surface area contributed by atoms with Gasteiger partial charge in [-0.05, 0) is 43.3 Å². The van der Waals surface area contributed by atoms with Gasteiger partial charge in [0, 0.05) is 16.6 Å². The summed E-state index contributed by atoms with van der Waals surface area (Å²) in [6, 6.07) is 22.4. The van der Waals surface area contributed by atoms with Crippen molar-refractivity contribution in [2.45, 2.75) is 11.8 Å². The first-order valence-corrected chi connectivity index (χ1v) is 10.7. The maximum Gasteiger partial charge on any atom is 0.261 e. The number of sulfonamides is 1. The van der Waals surface area contributed by atoms with E-state index in [0.717, 1.165) is 11.1 Å². The lowest BCUT2D eigenvalue weighted by atomic mass is 10.0. The summed E-state index contributed by atoms with van der Waals surface area (Å²) in [6.07, 6.45) is 0. The molecule has 6 nitrogen and oxygen atoms in total. The maximum absolute atomic E-state index is 12.6. The molecule has 30 heavy (non-hydrogen) atoms. The Morgan fingerprint density at radius 3 is 2.27 bits per heavy atom. The van der Waals surface area contributed by atoms with Crippen molar-refractivity contribution >= 4 is 32.5 Å². The van der Waals surface area contributed by atoms with Crippen molar-refractivity contribution in [1.29, 1.82) is 0 Å². The van der Waals surface area contributed by atoms with Gasteiger partial charge in [0.1, 0.15) is 0 Å². The molecule has 3 aromatic carbocycles. The molecule has 3 N–H and O–H groups in total. The van der Waals surface area contributed by atoms with Crippen LogP contribution >= 0.6 is 0 Å². The number of benzene rings is 3. The van der Waals surface area contributed by atoms with Crippen LogP contribution in [0.25, 0.3) is 22.2 Å². The normalized spacial score (nSPS) is 11.4. The SMILES string of the molecule is Cc1ccc(S(=O)(=O)Nc2ccc(-c3cc(C(N)=O)c4ccccc4n3)cc2)cc1. The number of rotatable bonds is 5. The first-order chi connectivity index (χ1) is 14.3. The van der Waals surface area contributed by atoms with Crippen LogP contribution in [0.2, 0.25) is 0 Å². The molecular formula is C23H19N3O3S. The minimum absolute atomic E-state index is 0.194. The largest absolute Gasteiger partial charge is 0.366 e. The third-order valence-corrected chi connectivity index (χ3v) is 6.14. The van der Waals surface area contributed by atoms with Crippen LogP contribution in [0.3, 0.4) is 0 Å². The van der Waals surface area contributed by atoms with Gasteiger partial charge in [0.05, 0.1) is 21.7 Å². The van der Waals surface area contributed by atoms with E-state index in [1.54, 1.807) is 60.7 Å². The molecule has 0 aliphatic carbocycles. The zero-order chi connectivity index (χ0) is 21.3. The van der Waals surface area contributed by atoms with Gasteiger partial charge in [0.25, 0.3) is 10.0 Å². The van der Waals surface area contributed by atoms with Gasteiger partial charge >= 0.3 is 0 Å². The molecule has 0 saturated carbocycles. The summed E-state index contributed by atoms with van der Waals surface area (Å²) < 4.78 is 27.7. The number of carbonyl (C=O) groups is 1. The van der Waals surface area contributed by atoms with E-state index in [4.69, 9.17) is 5.73 Å². The number of aromatic nitrogens is 1. The Kier molecular flexibility index (Phi) is 4.97. The van der Waals surface area contributed by atoms with Crippen LogP contribution in [0.4, 0.5) is 5.69 Å². The van der Waals surface area contributed by atoms with Crippen LogP contribution in [0.5, 0.6) is 0 Å². The summed E-state index contributed by atoms with van der Waals surface area (Å²) in [4.78, 5) is 16.7. The first kappa shape index (κ1) is 19.6. The molecule has 1 amide bonds. The molecule has 150 valence electrons. The second-order valence-electron chi connectivity index (χ2n) is 6.93. The summed E-state index contributed by atoms with van der Waals surface area (Å²) in [5.41, 5.74) is 9.32. The van der Waals surface area contributed by atoms with Gasteiger partial charge in [-0.2, -0.15) is 0 Å². The third-order valence-electron chi connectivity index (χ3n) is 4.75. The Bertz CT molecular complexity index is 1350. The smallest absolute Gasteiger partial charge is 0.261 e. The number of pyridine rings is 1. The fraction of sp³-hybridized carbons (Fsp3) is 0.0435. The molecule has 0 aliphatic rings. The molecule has 4 aromatic rings. The Balaban J connectivity index is 1.65.